The Kier molecular flexibility index (Phi) is 5.71. The molecule has 2 rings (SSSR count). The molecule has 5 heteroatoms. The molecule has 118 valence electrons. The molecular weight excluding hydrogens is 296 g/mol. The minimum Gasteiger partial charge on any atom is -0.323 e. The molecule has 2 aromatic carbocycles. The van der Waals surface area contributed by atoms with E-state index in [1.165, 1.54) is 0 Å². The highest BCUT2D eigenvalue weighted by atomic mass is 32.2. The van der Waals surface area contributed by atoms with E-state index in [9.17, 15) is 8.42 Å². The fraction of sp³-hybridized carbons (Fsp3) is 0.294. The van der Waals surface area contributed by atoms with Crippen LogP contribution in [0.1, 0.15) is 30.5 Å². The average molecular weight is 318 g/mol. The molecule has 0 aliphatic heterocycles. The van der Waals surface area contributed by atoms with Crippen molar-refractivity contribution in [3.63, 3.8) is 0 Å². The largest absolute Gasteiger partial charge is 0.323 e. The molecule has 4 nitrogen and oxygen atoms in total. The van der Waals surface area contributed by atoms with Gasteiger partial charge in [-0.3, -0.25) is 0 Å². The molecule has 0 aromatic heterocycles. The summed E-state index contributed by atoms with van der Waals surface area (Å²) < 4.78 is 27.1. The standard InChI is InChI=1S/C17H22N2O2S/c1-2-6-14-9-11-16(12-10-14)22(20,21)19-13-17(18)15-7-4-3-5-8-15/h3-5,7-12,17,19H,2,6,13,18H2,1H3. The molecule has 0 heterocycles. The molecule has 0 bridgehead atoms. The first-order valence-electron chi connectivity index (χ1n) is 7.42. The number of aryl methyl sites for hydroxylation is 1. The van der Waals surface area contributed by atoms with Crippen LogP contribution in [0.5, 0.6) is 0 Å². The van der Waals surface area contributed by atoms with Crippen LogP contribution in [0.3, 0.4) is 0 Å². The predicted molar refractivity (Wildman–Crippen MR) is 89.0 cm³/mol. The first kappa shape index (κ1) is 16.7. The van der Waals surface area contributed by atoms with Gasteiger partial charge in [-0.25, -0.2) is 13.1 Å². The van der Waals surface area contributed by atoms with Crippen LogP contribution in [0.15, 0.2) is 59.5 Å². The van der Waals surface area contributed by atoms with E-state index in [0.717, 1.165) is 24.0 Å². The average Bonchev–Trinajstić information content (AvgIpc) is 2.54. The van der Waals surface area contributed by atoms with Crippen LogP contribution in [-0.4, -0.2) is 15.0 Å². The lowest BCUT2D eigenvalue weighted by Gasteiger charge is -2.13. The van der Waals surface area contributed by atoms with Crippen molar-refractivity contribution in [1.29, 1.82) is 0 Å². The molecule has 0 amide bonds. The zero-order valence-corrected chi connectivity index (χ0v) is 13.5. The van der Waals surface area contributed by atoms with Crippen LogP contribution in [0.4, 0.5) is 0 Å². The normalized spacial score (nSPS) is 13.0. The molecule has 0 saturated carbocycles. The smallest absolute Gasteiger partial charge is 0.240 e. The summed E-state index contributed by atoms with van der Waals surface area (Å²) in [6.45, 7) is 2.26. The molecule has 0 aliphatic rings. The third-order valence-corrected chi connectivity index (χ3v) is 4.93. The number of hydrogen-bond acceptors (Lipinski definition) is 3. The van der Waals surface area contributed by atoms with Crippen LogP contribution in [0, 0.1) is 0 Å². The molecule has 0 fully saturated rings. The lowest BCUT2D eigenvalue weighted by molar-refractivity contribution is 0.572. The predicted octanol–water partition coefficient (Wildman–Crippen LogP) is 2.62. The van der Waals surface area contributed by atoms with Crippen LogP contribution in [-0.2, 0) is 16.4 Å². The molecule has 0 spiro atoms. The third kappa shape index (κ3) is 4.40. The fourth-order valence-electron chi connectivity index (χ4n) is 2.22. The van der Waals surface area contributed by atoms with Gasteiger partial charge in [0.15, 0.2) is 0 Å². The summed E-state index contributed by atoms with van der Waals surface area (Å²) in [5.41, 5.74) is 8.06. The SMILES string of the molecule is CCCc1ccc(S(=O)(=O)NCC(N)c2ccccc2)cc1. The first-order valence-corrected chi connectivity index (χ1v) is 8.90. The van der Waals surface area contributed by atoms with Crippen molar-refractivity contribution in [2.45, 2.75) is 30.7 Å². The lowest BCUT2D eigenvalue weighted by Crippen LogP contribution is -2.31. The highest BCUT2D eigenvalue weighted by molar-refractivity contribution is 7.89. The zero-order valence-electron chi connectivity index (χ0n) is 12.7. The molecule has 3 N–H and O–H groups in total. The molecule has 0 aliphatic carbocycles. The highest BCUT2D eigenvalue weighted by Crippen LogP contribution is 2.13. The van der Waals surface area contributed by atoms with Gasteiger partial charge in [-0.2, -0.15) is 0 Å². The van der Waals surface area contributed by atoms with Gasteiger partial charge < -0.3 is 5.73 Å². The fourth-order valence-corrected chi connectivity index (χ4v) is 3.28. The van der Waals surface area contributed by atoms with Crippen LogP contribution in [0.2, 0.25) is 0 Å². The summed E-state index contributed by atoms with van der Waals surface area (Å²) in [6, 6.07) is 16.1. The quantitative estimate of drug-likeness (QED) is 0.824. The Balaban J connectivity index is 2.01. The summed E-state index contributed by atoms with van der Waals surface area (Å²) in [7, 11) is -3.53. The first-order chi connectivity index (χ1) is 10.5. The van der Waals surface area contributed by atoms with E-state index in [-0.39, 0.29) is 17.5 Å². The minimum absolute atomic E-state index is 0.170. The lowest BCUT2D eigenvalue weighted by atomic mass is 10.1. The number of hydrogen-bond donors (Lipinski definition) is 2. The molecule has 1 atom stereocenters. The second-order valence-corrected chi connectivity index (χ2v) is 7.03. The summed E-state index contributed by atoms with van der Waals surface area (Å²) in [5.74, 6) is 0. The Labute approximate surface area is 132 Å². The molecule has 0 radical (unpaired) electrons. The second kappa shape index (κ2) is 7.54. The van der Waals surface area contributed by atoms with E-state index < -0.39 is 10.0 Å². The van der Waals surface area contributed by atoms with E-state index in [1.807, 2.05) is 42.5 Å². The Morgan fingerprint density at radius 1 is 1.05 bits per heavy atom. The number of benzene rings is 2. The summed E-state index contributed by atoms with van der Waals surface area (Å²) in [4.78, 5) is 0.271. The van der Waals surface area contributed by atoms with Gasteiger partial charge in [0.25, 0.3) is 0 Å². The van der Waals surface area contributed by atoms with E-state index in [1.54, 1.807) is 12.1 Å². The molecule has 0 saturated heterocycles. The monoisotopic (exact) mass is 318 g/mol. The van der Waals surface area contributed by atoms with Crippen LogP contribution >= 0.6 is 0 Å². The zero-order chi connectivity index (χ0) is 16.0. The Morgan fingerprint density at radius 2 is 1.68 bits per heavy atom. The van der Waals surface area contributed by atoms with Crippen molar-refractivity contribution in [1.82, 2.24) is 4.72 Å². The van der Waals surface area contributed by atoms with Gasteiger partial charge in [0, 0.05) is 12.6 Å². The van der Waals surface area contributed by atoms with Gasteiger partial charge in [0.2, 0.25) is 10.0 Å². The maximum Gasteiger partial charge on any atom is 0.240 e. The molecule has 22 heavy (non-hydrogen) atoms. The Morgan fingerprint density at radius 3 is 2.27 bits per heavy atom. The van der Waals surface area contributed by atoms with Crippen molar-refractivity contribution >= 4 is 10.0 Å². The summed E-state index contributed by atoms with van der Waals surface area (Å²) in [5, 5.41) is 0. The van der Waals surface area contributed by atoms with Crippen molar-refractivity contribution in [3.05, 3.63) is 65.7 Å². The van der Waals surface area contributed by atoms with Gasteiger partial charge in [-0.05, 0) is 29.7 Å². The summed E-state index contributed by atoms with van der Waals surface area (Å²) >= 11 is 0. The van der Waals surface area contributed by atoms with Crippen molar-refractivity contribution in [2.24, 2.45) is 5.73 Å². The van der Waals surface area contributed by atoms with E-state index in [4.69, 9.17) is 5.73 Å². The maximum atomic E-state index is 12.3. The highest BCUT2D eigenvalue weighted by Gasteiger charge is 2.15. The van der Waals surface area contributed by atoms with Gasteiger partial charge >= 0.3 is 0 Å². The van der Waals surface area contributed by atoms with Gasteiger partial charge in [0.1, 0.15) is 0 Å². The van der Waals surface area contributed by atoms with Gasteiger partial charge in [-0.15, -0.1) is 0 Å². The topological polar surface area (TPSA) is 72.2 Å². The van der Waals surface area contributed by atoms with Gasteiger partial charge in [0.05, 0.1) is 4.90 Å². The van der Waals surface area contributed by atoms with E-state index in [0.29, 0.717) is 0 Å². The number of sulfonamides is 1. The molecular formula is C17H22N2O2S. The van der Waals surface area contributed by atoms with E-state index >= 15 is 0 Å². The maximum absolute atomic E-state index is 12.3. The van der Waals surface area contributed by atoms with E-state index in [2.05, 4.69) is 11.6 Å². The summed E-state index contributed by atoms with van der Waals surface area (Å²) in [6.07, 6.45) is 1.99. The Hall–Kier alpha value is -1.69. The van der Waals surface area contributed by atoms with Crippen LogP contribution in [0.25, 0.3) is 0 Å². The number of nitrogens with two attached hydrogens (primary N) is 1. The van der Waals surface area contributed by atoms with Gasteiger partial charge in [-0.1, -0.05) is 55.8 Å². The molecule has 2 aromatic rings. The van der Waals surface area contributed by atoms with Crippen molar-refractivity contribution in [3.8, 4) is 0 Å². The number of nitrogens with one attached hydrogen (secondary N) is 1. The van der Waals surface area contributed by atoms with Crippen molar-refractivity contribution in [2.75, 3.05) is 6.54 Å². The van der Waals surface area contributed by atoms with Crippen molar-refractivity contribution < 1.29 is 8.42 Å². The third-order valence-electron chi connectivity index (χ3n) is 3.49. The van der Waals surface area contributed by atoms with Crippen LogP contribution < -0.4 is 10.5 Å². The molecule has 1 unspecified atom stereocenters. The Bertz CT molecular complexity index is 682. The number of rotatable bonds is 7. The second-order valence-electron chi connectivity index (χ2n) is 5.26. The minimum atomic E-state index is -3.53.